The summed E-state index contributed by atoms with van der Waals surface area (Å²) in [5, 5.41) is 11.3. The van der Waals surface area contributed by atoms with E-state index in [0.29, 0.717) is 22.8 Å². The zero-order valence-electron chi connectivity index (χ0n) is 10.6. The Morgan fingerprint density at radius 2 is 2.05 bits per heavy atom. The number of hydrogen-bond donors (Lipinski definition) is 2. The molecule has 0 aliphatic heterocycles. The van der Waals surface area contributed by atoms with Crippen LogP contribution >= 0.6 is 11.3 Å². The minimum absolute atomic E-state index is 0.177. The lowest BCUT2D eigenvalue weighted by atomic mass is 10.3. The van der Waals surface area contributed by atoms with Gasteiger partial charge in [-0.15, -0.1) is 0 Å². The van der Waals surface area contributed by atoms with Crippen molar-refractivity contribution in [2.24, 2.45) is 0 Å². The highest BCUT2D eigenvalue weighted by Gasteiger charge is 2.39. The van der Waals surface area contributed by atoms with Crippen molar-refractivity contribution in [1.29, 1.82) is 0 Å². The van der Waals surface area contributed by atoms with Crippen molar-refractivity contribution in [3.05, 3.63) is 34.8 Å². The number of anilines is 2. The number of hydrogen-bond acceptors (Lipinski definition) is 5. The Hall–Kier alpha value is -2.29. The van der Waals surface area contributed by atoms with Crippen LogP contribution in [0.2, 0.25) is 0 Å². The molecule has 5 nitrogen and oxygen atoms in total. The van der Waals surface area contributed by atoms with Gasteiger partial charge in [0.25, 0.3) is 0 Å². The Morgan fingerprint density at radius 3 is 2.57 bits per heavy atom. The number of carbonyl (C=O) groups is 1. The maximum absolute atomic E-state index is 12.7. The molecule has 112 valence electrons. The van der Waals surface area contributed by atoms with E-state index in [1.165, 1.54) is 7.11 Å². The molecule has 2 rings (SSSR count). The van der Waals surface area contributed by atoms with Gasteiger partial charge < -0.3 is 15.2 Å². The number of rotatable bonds is 4. The summed E-state index contributed by atoms with van der Waals surface area (Å²) >= 11 is 0.411. The van der Waals surface area contributed by atoms with Crippen molar-refractivity contribution in [2.75, 3.05) is 12.4 Å². The summed E-state index contributed by atoms with van der Waals surface area (Å²) in [5.74, 6) is -1.27. The number of carboxylic acids is 1. The number of para-hydroxylation sites is 2. The molecule has 1 aromatic carbocycles. The third-order valence-corrected chi connectivity index (χ3v) is 3.40. The second-order valence-electron chi connectivity index (χ2n) is 3.82. The number of benzene rings is 1. The van der Waals surface area contributed by atoms with Crippen LogP contribution in [0.25, 0.3) is 0 Å². The predicted molar refractivity (Wildman–Crippen MR) is 70.4 cm³/mol. The Morgan fingerprint density at radius 1 is 1.38 bits per heavy atom. The van der Waals surface area contributed by atoms with Crippen LogP contribution in [0.1, 0.15) is 15.4 Å². The molecular formula is C12H9F3N2O3S. The molecule has 0 aliphatic rings. The molecule has 0 saturated carbocycles. The zero-order chi connectivity index (χ0) is 15.6. The molecule has 9 heteroatoms. The molecule has 0 amide bonds. The molecular weight excluding hydrogens is 309 g/mol. The van der Waals surface area contributed by atoms with Gasteiger partial charge in [0.1, 0.15) is 10.6 Å². The second-order valence-corrected chi connectivity index (χ2v) is 4.82. The number of aromatic carboxylic acids is 1. The molecule has 0 bridgehead atoms. The number of halogens is 3. The second kappa shape index (κ2) is 5.60. The number of thiazole rings is 1. The normalized spacial score (nSPS) is 11.2. The average molecular weight is 318 g/mol. The molecule has 2 N–H and O–H groups in total. The van der Waals surface area contributed by atoms with Gasteiger partial charge in [0.15, 0.2) is 10.8 Å². The Kier molecular flexibility index (Phi) is 4.03. The first-order valence-corrected chi connectivity index (χ1v) is 6.36. The summed E-state index contributed by atoms with van der Waals surface area (Å²) in [6.07, 6.45) is -4.83. The van der Waals surface area contributed by atoms with E-state index in [9.17, 15) is 18.0 Å². The topological polar surface area (TPSA) is 71.5 Å². The molecule has 0 atom stereocenters. The fourth-order valence-corrected chi connectivity index (χ4v) is 2.41. The third kappa shape index (κ3) is 3.24. The van der Waals surface area contributed by atoms with Crippen LogP contribution in [-0.2, 0) is 6.18 Å². The maximum atomic E-state index is 12.7. The summed E-state index contributed by atoms with van der Waals surface area (Å²) < 4.78 is 43.2. The summed E-state index contributed by atoms with van der Waals surface area (Å²) in [7, 11) is 1.41. The van der Waals surface area contributed by atoms with Crippen LogP contribution in [0.4, 0.5) is 24.0 Å². The molecule has 0 spiro atoms. The first-order chi connectivity index (χ1) is 9.82. The number of nitrogens with one attached hydrogen (secondary N) is 1. The number of ether oxygens (including phenoxy) is 1. The van der Waals surface area contributed by atoms with E-state index < -0.39 is 22.7 Å². The van der Waals surface area contributed by atoms with Crippen LogP contribution in [0.3, 0.4) is 0 Å². The maximum Gasteiger partial charge on any atom is 0.435 e. The van der Waals surface area contributed by atoms with E-state index in [0.717, 1.165) is 0 Å². The Labute approximate surface area is 121 Å². The molecule has 21 heavy (non-hydrogen) atoms. The zero-order valence-corrected chi connectivity index (χ0v) is 11.4. The highest BCUT2D eigenvalue weighted by molar-refractivity contribution is 7.17. The number of methoxy groups -OCH3 is 1. The van der Waals surface area contributed by atoms with Crippen LogP contribution in [0.15, 0.2) is 24.3 Å². The van der Waals surface area contributed by atoms with Crippen molar-refractivity contribution in [1.82, 2.24) is 4.98 Å². The highest BCUT2D eigenvalue weighted by Crippen LogP contribution is 2.38. The van der Waals surface area contributed by atoms with E-state index in [4.69, 9.17) is 9.84 Å². The lowest BCUT2D eigenvalue weighted by Crippen LogP contribution is -2.11. The molecule has 2 aromatic rings. The van der Waals surface area contributed by atoms with Gasteiger partial charge in [-0.1, -0.05) is 23.5 Å². The van der Waals surface area contributed by atoms with Crippen molar-refractivity contribution in [2.45, 2.75) is 6.18 Å². The van der Waals surface area contributed by atoms with Crippen molar-refractivity contribution < 1.29 is 27.8 Å². The van der Waals surface area contributed by atoms with E-state index in [1.54, 1.807) is 24.3 Å². The lowest BCUT2D eigenvalue weighted by molar-refractivity contribution is -0.141. The summed E-state index contributed by atoms with van der Waals surface area (Å²) in [6, 6.07) is 6.53. The van der Waals surface area contributed by atoms with Crippen LogP contribution in [-0.4, -0.2) is 23.2 Å². The summed E-state index contributed by atoms with van der Waals surface area (Å²) in [4.78, 5) is 13.3. The fourth-order valence-electron chi connectivity index (χ4n) is 1.57. The lowest BCUT2D eigenvalue weighted by Gasteiger charge is -2.08. The van der Waals surface area contributed by atoms with Gasteiger partial charge >= 0.3 is 12.1 Å². The first-order valence-electron chi connectivity index (χ1n) is 5.54. The van der Waals surface area contributed by atoms with Gasteiger partial charge in [-0.05, 0) is 12.1 Å². The molecule has 0 radical (unpaired) electrons. The number of alkyl halides is 3. The van der Waals surface area contributed by atoms with Gasteiger partial charge in [0, 0.05) is 0 Å². The van der Waals surface area contributed by atoms with E-state index >= 15 is 0 Å². The quantitative estimate of drug-likeness (QED) is 0.901. The molecule has 0 fully saturated rings. The van der Waals surface area contributed by atoms with Crippen molar-refractivity contribution in [3.63, 3.8) is 0 Å². The molecule has 1 heterocycles. The SMILES string of the molecule is COc1ccccc1Nc1nc(C(F)(F)F)c(C(=O)O)s1. The summed E-state index contributed by atoms with van der Waals surface area (Å²) in [5.41, 5.74) is -1.03. The number of carboxylic acid groups (broad SMARTS) is 1. The number of nitrogens with zero attached hydrogens (tertiary/aromatic N) is 1. The minimum Gasteiger partial charge on any atom is -0.495 e. The predicted octanol–water partition coefficient (Wildman–Crippen LogP) is 3.61. The molecule has 0 aliphatic carbocycles. The van der Waals surface area contributed by atoms with E-state index in [2.05, 4.69) is 10.3 Å². The van der Waals surface area contributed by atoms with Crippen molar-refractivity contribution in [3.8, 4) is 5.75 Å². The van der Waals surface area contributed by atoms with Gasteiger partial charge in [-0.25, -0.2) is 9.78 Å². The molecule has 0 saturated heterocycles. The summed E-state index contributed by atoms with van der Waals surface area (Å²) in [6.45, 7) is 0. The van der Waals surface area contributed by atoms with Gasteiger partial charge in [0.05, 0.1) is 12.8 Å². The van der Waals surface area contributed by atoms with Crippen LogP contribution in [0.5, 0.6) is 5.75 Å². The standard InChI is InChI=1S/C12H9F3N2O3S/c1-20-7-5-3-2-4-6(7)16-11-17-9(12(13,14)15)8(21-11)10(18)19/h2-5H,1H3,(H,16,17)(H,18,19). The highest BCUT2D eigenvalue weighted by atomic mass is 32.1. The third-order valence-electron chi connectivity index (χ3n) is 2.44. The molecule has 0 unspecified atom stereocenters. The van der Waals surface area contributed by atoms with Crippen molar-refractivity contribution >= 4 is 28.1 Å². The van der Waals surface area contributed by atoms with Gasteiger partial charge in [-0.3, -0.25) is 0 Å². The monoisotopic (exact) mass is 318 g/mol. The number of aromatic nitrogens is 1. The van der Waals surface area contributed by atoms with Gasteiger partial charge in [-0.2, -0.15) is 13.2 Å². The smallest absolute Gasteiger partial charge is 0.435 e. The van der Waals surface area contributed by atoms with Crippen LogP contribution < -0.4 is 10.1 Å². The largest absolute Gasteiger partial charge is 0.495 e. The van der Waals surface area contributed by atoms with E-state index in [-0.39, 0.29) is 5.13 Å². The molecule has 1 aromatic heterocycles. The van der Waals surface area contributed by atoms with Crippen LogP contribution in [0, 0.1) is 0 Å². The average Bonchev–Trinajstić information content (AvgIpc) is 2.83. The van der Waals surface area contributed by atoms with Gasteiger partial charge in [0.2, 0.25) is 0 Å². The first kappa shape index (κ1) is 15.1. The fraction of sp³-hybridized carbons (Fsp3) is 0.167. The Bertz CT molecular complexity index is 670. The minimum atomic E-state index is -4.83. The Balaban J connectivity index is 2.40. The van der Waals surface area contributed by atoms with E-state index in [1.807, 2.05) is 0 Å².